The number of primary sulfonamides is 1. The standard InChI is InChI=1S/C9H13NO4S2/c1-3-14-8(11)5-7-6(2)4-9(15-7)16(10,12)13/h4H,3,5H2,1-2H3,(H2,10,12,13). The van der Waals surface area contributed by atoms with Crippen LogP contribution in [0, 0.1) is 6.92 Å². The van der Waals surface area contributed by atoms with Crippen LogP contribution in [0.1, 0.15) is 17.4 Å². The second-order valence-electron chi connectivity index (χ2n) is 3.20. The van der Waals surface area contributed by atoms with E-state index < -0.39 is 10.0 Å². The fourth-order valence-electron chi connectivity index (χ4n) is 1.15. The molecule has 1 aromatic heterocycles. The molecule has 1 aromatic rings. The topological polar surface area (TPSA) is 86.5 Å². The van der Waals surface area contributed by atoms with Crippen molar-refractivity contribution in [3.05, 3.63) is 16.5 Å². The number of esters is 1. The molecule has 0 saturated carbocycles. The van der Waals surface area contributed by atoms with Gasteiger partial charge >= 0.3 is 5.97 Å². The average Bonchev–Trinajstić information content (AvgIpc) is 2.47. The Kier molecular flexibility index (Phi) is 4.06. The van der Waals surface area contributed by atoms with Crippen LogP contribution in [-0.4, -0.2) is 21.0 Å². The predicted molar refractivity (Wildman–Crippen MR) is 60.8 cm³/mol. The normalized spacial score (nSPS) is 11.4. The molecule has 0 amide bonds. The maximum absolute atomic E-state index is 11.2. The summed E-state index contributed by atoms with van der Waals surface area (Å²) in [5.74, 6) is -0.367. The molecule has 0 aliphatic carbocycles. The fraction of sp³-hybridized carbons (Fsp3) is 0.444. The molecule has 16 heavy (non-hydrogen) atoms. The van der Waals surface area contributed by atoms with Gasteiger partial charge in [-0.2, -0.15) is 0 Å². The molecule has 7 heteroatoms. The highest BCUT2D eigenvalue weighted by Crippen LogP contribution is 2.25. The Morgan fingerprint density at radius 1 is 1.56 bits per heavy atom. The van der Waals surface area contributed by atoms with Crippen molar-refractivity contribution in [3.63, 3.8) is 0 Å². The molecule has 0 bridgehead atoms. The second kappa shape index (κ2) is 4.94. The molecule has 0 atom stereocenters. The second-order valence-corrected chi connectivity index (χ2v) is 6.12. The van der Waals surface area contributed by atoms with Crippen molar-refractivity contribution in [1.82, 2.24) is 0 Å². The third kappa shape index (κ3) is 3.29. The zero-order chi connectivity index (χ0) is 12.3. The summed E-state index contributed by atoms with van der Waals surface area (Å²) in [7, 11) is -3.69. The first-order valence-electron chi connectivity index (χ1n) is 4.62. The first kappa shape index (κ1) is 13.1. The van der Waals surface area contributed by atoms with Crippen LogP contribution in [0.5, 0.6) is 0 Å². The van der Waals surface area contributed by atoms with Gasteiger partial charge in [0.2, 0.25) is 10.0 Å². The Morgan fingerprint density at radius 2 is 2.19 bits per heavy atom. The number of ether oxygens (including phenoxy) is 1. The number of aryl methyl sites for hydroxylation is 1. The van der Waals surface area contributed by atoms with Crippen molar-refractivity contribution in [2.24, 2.45) is 5.14 Å². The van der Waals surface area contributed by atoms with E-state index in [1.165, 1.54) is 6.07 Å². The van der Waals surface area contributed by atoms with Gasteiger partial charge in [0, 0.05) is 4.88 Å². The molecule has 0 fully saturated rings. The molecule has 0 radical (unpaired) electrons. The molecule has 0 unspecified atom stereocenters. The van der Waals surface area contributed by atoms with Crippen LogP contribution in [0.15, 0.2) is 10.3 Å². The van der Waals surface area contributed by atoms with Gasteiger partial charge in [-0.1, -0.05) is 0 Å². The number of thiophene rings is 1. The quantitative estimate of drug-likeness (QED) is 0.814. The van der Waals surface area contributed by atoms with Gasteiger partial charge in [0.05, 0.1) is 13.0 Å². The van der Waals surface area contributed by atoms with Gasteiger partial charge in [-0.15, -0.1) is 11.3 Å². The van der Waals surface area contributed by atoms with Crippen molar-refractivity contribution >= 4 is 27.3 Å². The van der Waals surface area contributed by atoms with Gasteiger partial charge in [0.1, 0.15) is 4.21 Å². The number of carbonyl (C=O) groups is 1. The lowest BCUT2D eigenvalue weighted by molar-refractivity contribution is -0.142. The van der Waals surface area contributed by atoms with E-state index in [-0.39, 0.29) is 16.6 Å². The molecule has 0 aliphatic heterocycles. The van der Waals surface area contributed by atoms with E-state index in [2.05, 4.69) is 0 Å². The van der Waals surface area contributed by atoms with Crippen molar-refractivity contribution in [2.75, 3.05) is 6.61 Å². The summed E-state index contributed by atoms with van der Waals surface area (Å²) in [5, 5.41) is 4.99. The lowest BCUT2D eigenvalue weighted by Gasteiger charge is -1.99. The Labute approximate surface area is 98.3 Å². The molecule has 0 aliphatic rings. The number of sulfonamides is 1. The number of hydrogen-bond acceptors (Lipinski definition) is 5. The zero-order valence-corrected chi connectivity index (χ0v) is 10.7. The highest BCUT2D eigenvalue weighted by molar-refractivity contribution is 7.91. The molecular formula is C9H13NO4S2. The minimum Gasteiger partial charge on any atom is -0.466 e. The number of hydrogen-bond donors (Lipinski definition) is 1. The number of carbonyl (C=O) groups excluding carboxylic acids is 1. The van der Waals surface area contributed by atoms with Crippen molar-refractivity contribution in [3.8, 4) is 0 Å². The third-order valence-electron chi connectivity index (χ3n) is 1.89. The fourth-order valence-corrected chi connectivity index (χ4v) is 3.14. The van der Waals surface area contributed by atoms with Crippen LogP contribution in [0.2, 0.25) is 0 Å². The highest BCUT2D eigenvalue weighted by Gasteiger charge is 2.16. The van der Waals surface area contributed by atoms with Gasteiger partial charge in [-0.3, -0.25) is 4.79 Å². The molecule has 2 N–H and O–H groups in total. The van der Waals surface area contributed by atoms with Crippen LogP contribution < -0.4 is 5.14 Å². The van der Waals surface area contributed by atoms with Gasteiger partial charge < -0.3 is 4.74 Å². The molecule has 0 saturated heterocycles. The van der Waals surface area contributed by atoms with E-state index in [1.54, 1.807) is 13.8 Å². The van der Waals surface area contributed by atoms with E-state index in [4.69, 9.17) is 9.88 Å². The lowest BCUT2D eigenvalue weighted by atomic mass is 10.2. The Hall–Kier alpha value is -0.920. The van der Waals surface area contributed by atoms with Gasteiger partial charge in [-0.05, 0) is 25.5 Å². The maximum Gasteiger partial charge on any atom is 0.311 e. The molecule has 5 nitrogen and oxygen atoms in total. The molecule has 90 valence electrons. The Balaban J connectivity index is 2.91. The monoisotopic (exact) mass is 263 g/mol. The largest absolute Gasteiger partial charge is 0.466 e. The first-order chi connectivity index (χ1) is 7.34. The van der Waals surface area contributed by atoms with Crippen molar-refractivity contribution < 1.29 is 17.9 Å². The van der Waals surface area contributed by atoms with Crippen molar-refractivity contribution in [1.29, 1.82) is 0 Å². The summed E-state index contributed by atoms with van der Waals surface area (Å²) < 4.78 is 27.0. The Morgan fingerprint density at radius 3 is 2.62 bits per heavy atom. The minimum absolute atomic E-state index is 0.0734. The van der Waals surface area contributed by atoms with Gasteiger partial charge in [0.25, 0.3) is 0 Å². The average molecular weight is 263 g/mol. The minimum atomic E-state index is -3.69. The predicted octanol–water partition coefficient (Wildman–Crippen LogP) is 0.810. The summed E-state index contributed by atoms with van der Waals surface area (Å²) in [6, 6.07) is 1.47. The van der Waals surface area contributed by atoms with E-state index >= 15 is 0 Å². The molecule has 0 spiro atoms. The van der Waals surface area contributed by atoms with Crippen LogP contribution >= 0.6 is 11.3 Å². The van der Waals surface area contributed by atoms with E-state index in [0.717, 1.165) is 16.9 Å². The molecule has 0 aromatic carbocycles. The SMILES string of the molecule is CCOC(=O)Cc1sc(S(N)(=O)=O)cc1C. The third-order valence-corrected chi connectivity index (χ3v) is 4.55. The van der Waals surface area contributed by atoms with Crippen LogP contribution in [0.25, 0.3) is 0 Å². The summed E-state index contributed by atoms with van der Waals surface area (Å²) in [5.41, 5.74) is 0.738. The maximum atomic E-state index is 11.2. The smallest absolute Gasteiger partial charge is 0.311 e. The molecule has 1 rings (SSSR count). The number of rotatable bonds is 4. The summed E-state index contributed by atoms with van der Waals surface area (Å²) >= 11 is 1.01. The molecule has 1 heterocycles. The van der Waals surface area contributed by atoms with Crippen LogP contribution in [0.3, 0.4) is 0 Å². The number of nitrogens with two attached hydrogens (primary N) is 1. The van der Waals surface area contributed by atoms with Crippen LogP contribution in [0.4, 0.5) is 0 Å². The van der Waals surface area contributed by atoms with E-state index in [9.17, 15) is 13.2 Å². The lowest BCUT2D eigenvalue weighted by Crippen LogP contribution is -2.10. The van der Waals surface area contributed by atoms with Gasteiger partial charge in [0.15, 0.2) is 0 Å². The molecular weight excluding hydrogens is 250 g/mol. The zero-order valence-electron chi connectivity index (χ0n) is 9.02. The summed E-state index contributed by atoms with van der Waals surface area (Å²) in [6.07, 6.45) is 0.0832. The Bertz CT molecular complexity index is 490. The summed E-state index contributed by atoms with van der Waals surface area (Å²) in [6.45, 7) is 3.76. The van der Waals surface area contributed by atoms with Gasteiger partial charge in [-0.25, -0.2) is 13.6 Å². The highest BCUT2D eigenvalue weighted by atomic mass is 32.2. The van der Waals surface area contributed by atoms with Crippen molar-refractivity contribution in [2.45, 2.75) is 24.5 Å². The van der Waals surface area contributed by atoms with Crippen LogP contribution in [-0.2, 0) is 26.0 Å². The van der Waals surface area contributed by atoms with E-state index in [0.29, 0.717) is 11.5 Å². The summed E-state index contributed by atoms with van der Waals surface area (Å²) in [4.78, 5) is 11.9. The van der Waals surface area contributed by atoms with E-state index in [1.807, 2.05) is 0 Å². The first-order valence-corrected chi connectivity index (χ1v) is 6.98.